The monoisotopic (exact) mass is 536 g/mol. The Kier molecular flexibility index (Phi) is 17.0. The van der Waals surface area contributed by atoms with Gasteiger partial charge >= 0.3 is 11.9 Å². The number of hydrogen-bond donors (Lipinski definition) is 0. The van der Waals surface area contributed by atoms with Gasteiger partial charge in [-0.15, -0.1) is 0 Å². The summed E-state index contributed by atoms with van der Waals surface area (Å²) in [7, 11) is 0. The Morgan fingerprint density at radius 1 is 0.564 bits per heavy atom. The molecule has 0 fully saturated rings. The molecule has 1 unspecified atom stereocenters. The Labute approximate surface area is 237 Å². The molecule has 0 radical (unpaired) electrons. The van der Waals surface area contributed by atoms with Crippen molar-refractivity contribution in [3.8, 4) is 11.5 Å². The van der Waals surface area contributed by atoms with Crippen molar-refractivity contribution in [3.05, 3.63) is 59.7 Å². The van der Waals surface area contributed by atoms with Gasteiger partial charge in [-0.05, 0) is 61.1 Å². The summed E-state index contributed by atoms with van der Waals surface area (Å²) in [6.45, 7) is 6.19. The molecule has 216 valence electrons. The first kappa shape index (κ1) is 32.6. The molecular weight excluding hydrogens is 484 g/mol. The molecule has 0 amide bonds. The van der Waals surface area contributed by atoms with E-state index >= 15 is 0 Å². The molecule has 2 aromatic rings. The minimum atomic E-state index is -0.582. The highest BCUT2D eigenvalue weighted by Gasteiger charge is 2.20. The summed E-state index contributed by atoms with van der Waals surface area (Å²) in [5.41, 5.74) is 2.52. The molecule has 1 atom stereocenters. The topological polar surface area (TPSA) is 52.6 Å². The molecule has 0 spiro atoms. The first-order valence-electron chi connectivity index (χ1n) is 15.6. The van der Waals surface area contributed by atoms with Crippen LogP contribution in [0, 0.1) is 5.92 Å². The number of carbonyl (C=O) groups is 2. The number of esters is 2. The molecule has 4 nitrogen and oxygen atoms in total. The van der Waals surface area contributed by atoms with Gasteiger partial charge in [0, 0.05) is 0 Å². The largest absolute Gasteiger partial charge is 0.427 e. The molecule has 0 aliphatic heterocycles. The van der Waals surface area contributed by atoms with Crippen molar-refractivity contribution in [3.63, 3.8) is 0 Å². The average Bonchev–Trinajstić information content (AvgIpc) is 2.93. The van der Waals surface area contributed by atoms with Crippen LogP contribution in [0.15, 0.2) is 48.5 Å². The Morgan fingerprint density at radius 2 is 0.949 bits per heavy atom. The van der Waals surface area contributed by atoms with Crippen LogP contribution in [0.4, 0.5) is 0 Å². The molecule has 0 saturated heterocycles. The van der Waals surface area contributed by atoms with Gasteiger partial charge in [-0.25, -0.2) is 0 Å². The van der Waals surface area contributed by atoms with E-state index < -0.39 is 17.9 Å². The van der Waals surface area contributed by atoms with Crippen LogP contribution < -0.4 is 9.47 Å². The molecule has 39 heavy (non-hydrogen) atoms. The molecular formula is C35H52O4. The first-order chi connectivity index (χ1) is 19.0. The second-order valence-electron chi connectivity index (χ2n) is 11.0. The van der Waals surface area contributed by atoms with Gasteiger partial charge in [-0.2, -0.15) is 0 Å². The molecule has 2 rings (SSSR count). The van der Waals surface area contributed by atoms with E-state index in [0.717, 1.165) is 12.8 Å². The van der Waals surface area contributed by atoms with Gasteiger partial charge in [0.15, 0.2) is 0 Å². The molecule has 0 aromatic heterocycles. The van der Waals surface area contributed by atoms with E-state index in [9.17, 15) is 9.59 Å². The fourth-order valence-electron chi connectivity index (χ4n) is 4.74. The maximum atomic E-state index is 12.5. The van der Waals surface area contributed by atoms with Gasteiger partial charge in [0.2, 0.25) is 0 Å². The smallest absolute Gasteiger partial charge is 0.314 e. The van der Waals surface area contributed by atoms with E-state index in [2.05, 4.69) is 13.8 Å². The molecule has 0 saturated carbocycles. The minimum Gasteiger partial charge on any atom is -0.427 e. The van der Waals surface area contributed by atoms with E-state index in [0.29, 0.717) is 11.5 Å². The Hall–Kier alpha value is -2.62. The summed E-state index contributed by atoms with van der Waals surface area (Å²) in [4.78, 5) is 24.9. The van der Waals surface area contributed by atoms with Gasteiger partial charge in [-0.3, -0.25) is 9.59 Å². The second kappa shape index (κ2) is 20.3. The minimum absolute atomic E-state index is 0.0189. The fourth-order valence-corrected chi connectivity index (χ4v) is 4.74. The summed E-state index contributed by atoms with van der Waals surface area (Å²) in [5, 5.41) is 0. The zero-order chi connectivity index (χ0) is 28.1. The predicted molar refractivity (Wildman–Crippen MR) is 161 cm³/mol. The van der Waals surface area contributed by atoms with Crippen molar-refractivity contribution in [1.82, 2.24) is 0 Å². The van der Waals surface area contributed by atoms with Crippen LogP contribution >= 0.6 is 0 Å². The third kappa shape index (κ3) is 14.9. The molecule has 4 heteroatoms. The van der Waals surface area contributed by atoms with Crippen LogP contribution in [-0.2, 0) is 22.4 Å². The highest BCUT2D eigenvalue weighted by Crippen LogP contribution is 2.19. The quantitative estimate of drug-likeness (QED) is 0.0905. The van der Waals surface area contributed by atoms with Gasteiger partial charge < -0.3 is 9.47 Å². The predicted octanol–water partition coefficient (Wildman–Crippen LogP) is 9.81. The van der Waals surface area contributed by atoms with E-state index in [1.807, 2.05) is 48.5 Å². The van der Waals surface area contributed by atoms with Crippen molar-refractivity contribution in [2.45, 2.75) is 130 Å². The lowest BCUT2D eigenvalue weighted by atomic mass is 10.0. The molecule has 0 bridgehead atoms. The van der Waals surface area contributed by atoms with Crippen molar-refractivity contribution < 1.29 is 19.1 Å². The zero-order valence-corrected chi connectivity index (χ0v) is 24.8. The van der Waals surface area contributed by atoms with Gasteiger partial charge in [-0.1, -0.05) is 122 Å². The van der Waals surface area contributed by atoms with E-state index in [1.165, 1.54) is 101 Å². The van der Waals surface area contributed by atoms with Crippen LogP contribution in [0.2, 0.25) is 0 Å². The number of aryl methyl sites for hydroxylation is 2. The van der Waals surface area contributed by atoms with E-state index in [1.54, 1.807) is 6.92 Å². The number of ether oxygens (including phenoxy) is 2. The van der Waals surface area contributed by atoms with E-state index in [-0.39, 0.29) is 6.42 Å². The van der Waals surface area contributed by atoms with Crippen LogP contribution in [0.3, 0.4) is 0 Å². The number of benzene rings is 2. The zero-order valence-electron chi connectivity index (χ0n) is 24.8. The summed E-state index contributed by atoms with van der Waals surface area (Å²) in [6.07, 6.45) is 20.2. The third-order valence-electron chi connectivity index (χ3n) is 7.31. The fraction of sp³-hybridized carbons (Fsp3) is 0.600. The lowest BCUT2D eigenvalue weighted by molar-refractivity contribution is -0.144. The molecule has 0 N–H and O–H groups in total. The number of carbonyl (C=O) groups excluding carboxylic acids is 2. The molecule has 0 aliphatic rings. The summed E-state index contributed by atoms with van der Waals surface area (Å²) < 4.78 is 11.0. The molecule has 0 heterocycles. The average molecular weight is 537 g/mol. The van der Waals surface area contributed by atoms with Crippen molar-refractivity contribution in [2.24, 2.45) is 5.92 Å². The summed E-state index contributed by atoms with van der Waals surface area (Å²) in [6, 6.07) is 15.5. The van der Waals surface area contributed by atoms with Crippen LogP contribution in [0.5, 0.6) is 11.5 Å². The lowest BCUT2D eigenvalue weighted by Crippen LogP contribution is -2.22. The van der Waals surface area contributed by atoms with E-state index in [4.69, 9.17) is 9.47 Å². The SMILES string of the molecule is CCCCCCCCCc1ccc(OC(=O)CC(C)C(=O)Oc2ccc(CCCCCCCCC)cc2)cc1. The van der Waals surface area contributed by atoms with Crippen LogP contribution in [0.25, 0.3) is 0 Å². The van der Waals surface area contributed by atoms with Gasteiger partial charge in [0.05, 0.1) is 12.3 Å². The van der Waals surface area contributed by atoms with Crippen molar-refractivity contribution in [1.29, 1.82) is 0 Å². The maximum absolute atomic E-state index is 12.5. The Morgan fingerprint density at radius 3 is 1.38 bits per heavy atom. The normalized spacial score (nSPS) is 11.8. The van der Waals surface area contributed by atoms with Gasteiger partial charge in [0.25, 0.3) is 0 Å². The highest BCUT2D eigenvalue weighted by atomic mass is 16.5. The van der Waals surface area contributed by atoms with Crippen molar-refractivity contribution >= 4 is 11.9 Å². The van der Waals surface area contributed by atoms with Gasteiger partial charge in [0.1, 0.15) is 11.5 Å². The molecule has 2 aromatic carbocycles. The molecule has 0 aliphatic carbocycles. The maximum Gasteiger partial charge on any atom is 0.314 e. The summed E-state index contributed by atoms with van der Waals surface area (Å²) >= 11 is 0. The van der Waals surface area contributed by atoms with Crippen molar-refractivity contribution in [2.75, 3.05) is 0 Å². The number of rotatable bonds is 21. The first-order valence-corrected chi connectivity index (χ1v) is 15.6. The lowest BCUT2D eigenvalue weighted by Gasteiger charge is -2.12. The Balaban J connectivity index is 1.64. The van der Waals surface area contributed by atoms with Crippen LogP contribution in [0.1, 0.15) is 128 Å². The Bertz CT molecular complexity index is 917. The third-order valence-corrected chi connectivity index (χ3v) is 7.31. The number of hydrogen-bond acceptors (Lipinski definition) is 4. The standard InChI is InChI=1S/C35H52O4/c1-4-6-8-10-12-14-16-18-30-20-24-32(25-21-30)38-34(36)28-29(3)35(37)39-33-26-22-31(23-27-33)19-17-15-13-11-9-7-5-2/h20-27,29H,4-19,28H2,1-3H3. The second-order valence-corrected chi connectivity index (χ2v) is 11.0. The van der Waals surface area contributed by atoms with Crippen LogP contribution in [-0.4, -0.2) is 11.9 Å². The highest BCUT2D eigenvalue weighted by molar-refractivity contribution is 5.82. The summed E-state index contributed by atoms with van der Waals surface area (Å²) in [5.74, 6) is -0.400. The number of unbranched alkanes of at least 4 members (excludes halogenated alkanes) is 12.